The summed E-state index contributed by atoms with van der Waals surface area (Å²) in [7, 11) is 2.02. The summed E-state index contributed by atoms with van der Waals surface area (Å²) in [4.78, 5) is 32.8. The molecule has 0 atom stereocenters. The summed E-state index contributed by atoms with van der Waals surface area (Å²) in [6, 6.07) is 25.7. The maximum absolute atomic E-state index is 13.1. The zero-order chi connectivity index (χ0) is 23.5. The Hall–Kier alpha value is -3.93. The van der Waals surface area contributed by atoms with Crippen LogP contribution in [0.2, 0.25) is 0 Å². The van der Waals surface area contributed by atoms with Crippen LogP contribution in [0.4, 0.5) is 11.4 Å². The number of hydrogen-bond donors (Lipinski definition) is 1. The molecule has 6 nitrogen and oxygen atoms in total. The second-order valence-corrected chi connectivity index (χ2v) is 8.86. The maximum Gasteiger partial charge on any atom is 0.261 e. The van der Waals surface area contributed by atoms with Gasteiger partial charge in [0, 0.05) is 32.5 Å². The molecule has 3 aromatic carbocycles. The molecule has 6 heteroatoms. The summed E-state index contributed by atoms with van der Waals surface area (Å²) in [5.41, 5.74) is 3.62. The van der Waals surface area contributed by atoms with Gasteiger partial charge in [0.1, 0.15) is 5.82 Å². The van der Waals surface area contributed by atoms with Crippen LogP contribution in [0.15, 0.2) is 83.7 Å². The predicted octanol–water partition coefficient (Wildman–Crippen LogP) is 4.94. The number of hydrogen-bond acceptors (Lipinski definition) is 4. The standard InChI is InChI=1S/C28H28N4O2/c1-31(19-20-9-3-2-4-10-20)25-14-8-7-13-24(25)30-27(33)18-17-26-29-23-12-6-5-11-22(23)28(34)32(26)21-15-16-21/h2-14,21H,15-19H2,1H3,(H,30,33). The fraction of sp³-hybridized carbons (Fsp3) is 0.250. The summed E-state index contributed by atoms with van der Waals surface area (Å²) in [6.07, 6.45) is 2.65. The molecule has 172 valence electrons. The number of aryl methyl sites for hydroxylation is 1. The van der Waals surface area contributed by atoms with Crippen LogP contribution in [0.25, 0.3) is 10.9 Å². The first-order valence-corrected chi connectivity index (χ1v) is 11.7. The van der Waals surface area contributed by atoms with Crippen LogP contribution >= 0.6 is 0 Å². The van der Waals surface area contributed by atoms with Crippen molar-refractivity contribution in [2.75, 3.05) is 17.3 Å². The molecule has 0 radical (unpaired) electrons. The zero-order valence-corrected chi connectivity index (χ0v) is 19.3. The number of anilines is 2. The number of para-hydroxylation sites is 3. The van der Waals surface area contributed by atoms with Gasteiger partial charge in [0.05, 0.1) is 22.3 Å². The Balaban J connectivity index is 1.31. The van der Waals surface area contributed by atoms with E-state index in [0.717, 1.165) is 30.8 Å². The highest BCUT2D eigenvalue weighted by atomic mass is 16.1. The summed E-state index contributed by atoms with van der Waals surface area (Å²) in [6.45, 7) is 0.738. The van der Waals surface area contributed by atoms with Gasteiger partial charge in [-0.3, -0.25) is 14.2 Å². The number of amides is 1. The van der Waals surface area contributed by atoms with Gasteiger partial charge in [-0.2, -0.15) is 0 Å². The van der Waals surface area contributed by atoms with Gasteiger partial charge in [-0.15, -0.1) is 0 Å². The summed E-state index contributed by atoms with van der Waals surface area (Å²) in [5, 5.41) is 3.70. The topological polar surface area (TPSA) is 67.2 Å². The third kappa shape index (κ3) is 4.71. The Kier molecular flexibility index (Phi) is 6.12. The number of nitrogens with zero attached hydrogens (tertiary/aromatic N) is 3. The van der Waals surface area contributed by atoms with Gasteiger partial charge in [-0.05, 0) is 42.7 Å². The van der Waals surface area contributed by atoms with Crippen LogP contribution in [-0.4, -0.2) is 22.5 Å². The van der Waals surface area contributed by atoms with Crippen molar-refractivity contribution in [3.05, 3.63) is 101 Å². The van der Waals surface area contributed by atoms with E-state index in [0.29, 0.717) is 23.1 Å². The van der Waals surface area contributed by atoms with Crippen LogP contribution in [-0.2, 0) is 17.8 Å². The number of benzene rings is 3. The van der Waals surface area contributed by atoms with E-state index < -0.39 is 0 Å². The summed E-state index contributed by atoms with van der Waals surface area (Å²) < 4.78 is 1.80. The lowest BCUT2D eigenvalue weighted by Crippen LogP contribution is -2.26. The van der Waals surface area contributed by atoms with Crippen molar-refractivity contribution in [2.24, 2.45) is 0 Å². The van der Waals surface area contributed by atoms with Crippen molar-refractivity contribution in [1.82, 2.24) is 9.55 Å². The van der Waals surface area contributed by atoms with Crippen molar-refractivity contribution in [2.45, 2.75) is 38.3 Å². The largest absolute Gasteiger partial charge is 0.369 e. The maximum atomic E-state index is 13.1. The predicted molar refractivity (Wildman–Crippen MR) is 136 cm³/mol. The third-order valence-corrected chi connectivity index (χ3v) is 6.22. The normalized spacial score (nSPS) is 13.1. The first kappa shape index (κ1) is 21.9. The van der Waals surface area contributed by atoms with Gasteiger partial charge >= 0.3 is 0 Å². The first-order chi connectivity index (χ1) is 16.6. The van der Waals surface area contributed by atoms with E-state index in [1.165, 1.54) is 5.56 Å². The minimum Gasteiger partial charge on any atom is -0.369 e. The molecule has 0 spiro atoms. The lowest BCUT2D eigenvalue weighted by Gasteiger charge is -2.23. The quantitative estimate of drug-likeness (QED) is 0.411. The SMILES string of the molecule is CN(Cc1ccccc1)c1ccccc1NC(=O)CCc1nc2ccccc2c(=O)n1C1CC1. The Labute approximate surface area is 198 Å². The van der Waals surface area contributed by atoms with Gasteiger partial charge < -0.3 is 10.2 Å². The summed E-state index contributed by atoms with van der Waals surface area (Å²) in [5.74, 6) is 0.598. The second-order valence-electron chi connectivity index (χ2n) is 8.86. The minimum atomic E-state index is -0.0923. The van der Waals surface area contributed by atoms with Crippen LogP contribution in [0, 0.1) is 0 Å². The van der Waals surface area contributed by atoms with Crippen molar-refractivity contribution in [1.29, 1.82) is 0 Å². The lowest BCUT2D eigenvalue weighted by molar-refractivity contribution is -0.116. The van der Waals surface area contributed by atoms with E-state index >= 15 is 0 Å². The number of fused-ring (bicyclic) bond motifs is 1. The molecule has 0 unspecified atom stereocenters. The van der Waals surface area contributed by atoms with Crippen LogP contribution in [0.5, 0.6) is 0 Å². The van der Waals surface area contributed by atoms with Crippen LogP contribution in [0.3, 0.4) is 0 Å². The highest BCUT2D eigenvalue weighted by molar-refractivity contribution is 5.94. The number of nitrogens with one attached hydrogen (secondary N) is 1. The number of carbonyl (C=O) groups excluding carboxylic acids is 1. The van der Waals surface area contributed by atoms with Crippen molar-refractivity contribution < 1.29 is 4.79 Å². The fourth-order valence-corrected chi connectivity index (χ4v) is 4.37. The molecule has 0 aliphatic heterocycles. The minimum absolute atomic E-state index is 0.00334. The van der Waals surface area contributed by atoms with Crippen molar-refractivity contribution in [3.63, 3.8) is 0 Å². The molecule has 1 heterocycles. The Bertz CT molecular complexity index is 1380. The fourth-order valence-electron chi connectivity index (χ4n) is 4.37. The first-order valence-electron chi connectivity index (χ1n) is 11.7. The van der Waals surface area contributed by atoms with Crippen molar-refractivity contribution in [3.8, 4) is 0 Å². The Morgan fingerprint density at radius 3 is 2.50 bits per heavy atom. The van der Waals surface area contributed by atoms with Gasteiger partial charge in [-0.25, -0.2) is 4.98 Å². The monoisotopic (exact) mass is 452 g/mol. The molecule has 5 rings (SSSR count). The zero-order valence-electron chi connectivity index (χ0n) is 19.3. The van der Waals surface area contributed by atoms with E-state index in [4.69, 9.17) is 4.98 Å². The molecule has 1 aromatic heterocycles. The molecular formula is C28H28N4O2. The van der Waals surface area contributed by atoms with E-state index in [2.05, 4.69) is 22.3 Å². The summed E-state index contributed by atoms with van der Waals surface area (Å²) >= 11 is 0. The average molecular weight is 453 g/mol. The number of carbonyl (C=O) groups is 1. The molecule has 1 N–H and O–H groups in total. The molecule has 0 saturated heterocycles. The van der Waals surface area contributed by atoms with Gasteiger partial charge in [0.25, 0.3) is 5.56 Å². The van der Waals surface area contributed by atoms with E-state index in [9.17, 15) is 9.59 Å². The molecule has 1 saturated carbocycles. The van der Waals surface area contributed by atoms with E-state index in [1.54, 1.807) is 4.57 Å². The van der Waals surface area contributed by atoms with Gasteiger partial charge in [0.2, 0.25) is 5.91 Å². The third-order valence-electron chi connectivity index (χ3n) is 6.22. The van der Waals surface area contributed by atoms with E-state index in [-0.39, 0.29) is 23.9 Å². The molecule has 1 amide bonds. The van der Waals surface area contributed by atoms with E-state index in [1.807, 2.05) is 73.8 Å². The second kappa shape index (κ2) is 9.51. The average Bonchev–Trinajstić information content (AvgIpc) is 3.69. The molecule has 1 aliphatic rings. The molecule has 0 bridgehead atoms. The van der Waals surface area contributed by atoms with Crippen molar-refractivity contribution >= 4 is 28.2 Å². The molecule has 1 fully saturated rings. The van der Waals surface area contributed by atoms with Crippen LogP contribution < -0.4 is 15.8 Å². The lowest BCUT2D eigenvalue weighted by atomic mass is 10.2. The molecule has 4 aromatic rings. The van der Waals surface area contributed by atoms with Gasteiger partial charge in [-0.1, -0.05) is 54.6 Å². The van der Waals surface area contributed by atoms with Gasteiger partial charge in [0.15, 0.2) is 0 Å². The molecular weight excluding hydrogens is 424 g/mol. The molecule has 1 aliphatic carbocycles. The number of rotatable bonds is 8. The highest BCUT2D eigenvalue weighted by Gasteiger charge is 2.28. The van der Waals surface area contributed by atoms with Crippen LogP contribution in [0.1, 0.15) is 36.7 Å². The molecule has 34 heavy (non-hydrogen) atoms. The number of aromatic nitrogens is 2. The Morgan fingerprint density at radius 1 is 1.00 bits per heavy atom. The Morgan fingerprint density at radius 2 is 1.71 bits per heavy atom. The smallest absolute Gasteiger partial charge is 0.261 e. The highest BCUT2D eigenvalue weighted by Crippen LogP contribution is 2.35.